The van der Waals surface area contributed by atoms with Crippen molar-refractivity contribution in [2.45, 2.75) is 47.2 Å². The molecule has 0 spiro atoms. The first kappa shape index (κ1) is 20.4. The lowest BCUT2D eigenvalue weighted by Crippen LogP contribution is -2.38. The minimum absolute atomic E-state index is 0.607. The Morgan fingerprint density at radius 1 is 1.31 bits per heavy atom. The van der Waals surface area contributed by atoms with Crippen LogP contribution in [0.3, 0.4) is 0 Å². The number of rotatable bonds is 9. The van der Waals surface area contributed by atoms with Crippen molar-refractivity contribution >= 4 is 17.3 Å². The van der Waals surface area contributed by atoms with E-state index in [2.05, 4.69) is 41.5 Å². The highest BCUT2D eigenvalue weighted by Gasteiger charge is 2.11. The highest BCUT2D eigenvalue weighted by atomic mass is 32.1. The van der Waals surface area contributed by atoms with Crippen molar-refractivity contribution in [3.05, 3.63) is 33.0 Å². The Bertz CT molecular complexity index is 721. The summed E-state index contributed by atoms with van der Waals surface area (Å²) in [7, 11) is 1.71. The van der Waals surface area contributed by atoms with Gasteiger partial charge >= 0.3 is 0 Å². The molecule has 0 fully saturated rings. The van der Waals surface area contributed by atoms with E-state index < -0.39 is 0 Å². The van der Waals surface area contributed by atoms with Gasteiger partial charge in [0.1, 0.15) is 0 Å². The maximum atomic E-state index is 5.15. The number of nitrogens with one attached hydrogen (secondary N) is 2. The number of aliphatic imine (C=N–C) groups is 1. The summed E-state index contributed by atoms with van der Waals surface area (Å²) in [6, 6.07) is 0. The van der Waals surface area contributed by atoms with E-state index in [9.17, 15) is 0 Å². The van der Waals surface area contributed by atoms with Crippen LogP contribution in [0.1, 0.15) is 33.8 Å². The van der Waals surface area contributed by atoms with Crippen molar-refractivity contribution in [3.63, 3.8) is 0 Å². The van der Waals surface area contributed by atoms with Gasteiger partial charge in [-0.05, 0) is 27.7 Å². The normalized spacial score (nSPS) is 11.8. The largest absolute Gasteiger partial charge is 0.383 e. The van der Waals surface area contributed by atoms with Crippen LogP contribution in [0.25, 0.3) is 0 Å². The summed E-state index contributed by atoms with van der Waals surface area (Å²) in [5.41, 5.74) is 3.35. The van der Waals surface area contributed by atoms with Crippen LogP contribution in [-0.2, 0) is 24.2 Å². The number of guanidine groups is 1. The molecule has 2 heterocycles. The Hall–Kier alpha value is -1.93. The molecule has 2 N–H and O–H groups in total. The molecule has 7 nitrogen and oxygen atoms in total. The van der Waals surface area contributed by atoms with Gasteiger partial charge in [-0.15, -0.1) is 11.3 Å². The molecule has 0 aliphatic carbocycles. The third-order valence-electron chi connectivity index (χ3n) is 4.08. The number of thiazole rings is 1. The van der Waals surface area contributed by atoms with E-state index in [1.807, 2.05) is 17.8 Å². The first-order valence-electron chi connectivity index (χ1n) is 9.00. The van der Waals surface area contributed by atoms with Crippen molar-refractivity contribution < 1.29 is 4.74 Å². The molecule has 144 valence electrons. The lowest BCUT2D eigenvalue weighted by atomic mass is 10.2. The highest BCUT2D eigenvalue weighted by Crippen LogP contribution is 2.14. The quantitative estimate of drug-likeness (QED) is 0.517. The third kappa shape index (κ3) is 5.81. The van der Waals surface area contributed by atoms with Gasteiger partial charge in [0.25, 0.3) is 0 Å². The van der Waals surface area contributed by atoms with Gasteiger partial charge in [0.05, 0.1) is 30.4 Å². The van der Waals surface area contributed by atoms with Gasteiger partial charge in [-0.3, -0.25) is 4.68 Å². The minimum Gasteiger partial charge on any atom is -0.383 e. The fourth-order valence-corrected chi connectivity index (χ4v) is 3.45. The molecule has 0 amide bonds. The SMILES string of the molecule is CCNC(=NCc1c(C)nn(CCOC)c1C)NCCc1ncc(C)s1. The van der Waals surface area contributed by atoms with E-state index in [4.69, 9.17) is 9.73 Å². The van der Waals surface area contributed by atoms with Crippen LogP contribution in [0, 0.1) is 20.8 Å². The average Bonchev–Trinajstić information content (AvgIpc) is 3.14. The molecule has 0 aliphatic rings. The zero-order valence-corrected chi connectivity index (χ0v) is 17.2. The second-order valence-electron chi connectivity index (χ2n) is 6.10. The molecule has 0 radical (unpaired) electrons. The molecule has 2 rings (SSSR count). The Morgan fingerprint density at radius 2 is 2.12 bits per heavy atom. The fraction of sp³-hybridized carbons (Fsp3) is 0.611. The second-order valence-corrected chi connectivity index (χ2v) is 7.42. The van der Waals surface area contributed by atoms with Gasteiger partial charge < -0.3 is 15.4 Å². The molecule has 0 saturated carbocycles. The van der Waals surface area contributed by atoms with Gasteiger partial charge in [-0.25, -0.2) is 9.98 Å². The molecule has 0 saturated heterocycles. The van der Waals surface area contributed by atoms with Crippen molar-refractivity contribution in [1.29, 1.82) is 0 Å². The summed E-state index contributed by atoms with van der Waals surface area (Å²) in [4.78, 5) is 10.4. The van der Waals surface area contributed by atoms with Crippen LogP contribution in [0.15, 0.2) is 11.2 Å². The predicted molar refractivity (Wildman–Crippen MR) is 107 cm³/mol. The number of hydrogen-bond donors (Lipinski definition) is 2. The van der Waals surface area contributed by atoms with E-state index in [-0.39, 0.29) is 0 Å². The van der Waals surface area contributed by atoms with Crippen LogP contribution in [-0.4, -0.2) is 47.5 Å². The highest BCUT2D eigenvalue weighted by molar-refractivity contribution is 7.11. The molecular weight excluding hydrogens is 348 g/mol. The standard InChI is InChI=1S/C18H30N6OS/c1-6-19-18(20-8-7-17-21-11-13(2)26-17)22-12-16-14(3)23-24(15(16)4)9-10-25-5/h11H,6-10,12H2,1-5H3,(H2,19,20,22). The van der Waals surface area contributed by atoms with E-state index in [1.165, 1.54) is 10.4 Å². The summed E-state index contributed by atoms with van der Waals surface area (Å²) >= 11 is 1.74. The molecule has 0 atom stereocenters. The summed E-state index contributed by atoms with van der Waals surface area (Å²) in [6.07, 6.45) is 2.82. The molecule has 2 aromatic rings. The molecular formula is C18H30N6OS. The Labute approximate surface area is 159 Å². The Balaban J connectivity index is 1.96. The van der Waals surface area contributed by atoms with E-state index in [1.54, 1.807) is 18.4 Å². The van der Waals surface area contributed by atoms with Crippen LogP contribution in [0.4, 0.5) is 0 Å². The number of nitrogens with zero attached hydrogens (tertiary/aromatic N) is 4. The summed E-state index contributed by atoms with van der Waals surface area (Å²) in [6.45, 7) is 11.9. The summed E-state index contributed by atoms with van der Waals surface area (Å²) in [5, 5.41) is 12.4. The number of aryl methyl sites for hydroxylation is 2. The van der Waals surface area contributed by atoms with Crippen molar-refractivity contribution in [2.75, 3.05) is 26.8 Å². The van der Waals surface area contributed by atoms with Gasteiger partial charge in [0, 0.05) is 49.0 Å². The fourth-order valence-electron chi connectivity index (χ4n) is 2.66. The second kappa shape index (κ2) is 10.3. The number of ether oxygens (including phenoxy) is 1. The summed E-state index contributed by atoms with van der Waals surface area (Å²) in [5.74, 6) is 0.823. The van der Waals surface area contributed by atoms with E-state index in [0.29, 0.717) is 13.2 Å². The summed E-state index contributed by atoms with van der Waals surface area (Å²) < 4.78 is 7.14. The van der Waals surface area contributed by atoms with Gasteiger partial charge in [-0.2, -0.15) is 5.10 Å². The predicted octanol–water partition coefficient (Wildman–Crippen LogP) is 2.21. The first-order valence-corrected chi connectivity index (χ1v) is 9.82. The maximum Gasteiger partial charge on any atom is 0.191 e. The van der Waals surface area contributed by atoms with Gasteiger partial charge in [0.15, 0.2) is 5.96 Å². The van der Waals surface area contributed by atoms with E-state index in [0.717, 1.165) is 48.4 Å². The van der Waals surface area contributed by atoms with E-state index >= 15 is 0 Å². The lowest BCUT2D eigenvalue weighted by Gasteiger charge is -2.11. The zero-order chi connectivity index (χ0) is 18.9. The number of methoxy groups -OCH3 is 1. The first-order chi connectivity index (χ1) is 12.5. The number of hydrogen-bond acceptors (Lipinski definition) is 5. The van der Waals surface area contributed by atoms with Crippen LogP contribution < -0.4 is 10.6 Å². The van der Waals surface area contributed by atoms with Crippen molar-refractivity contribution in [1.82, 2.24) is 25.4 Å². The Morgan fingerprint density at radius 3 is 2.77 bits per heavy atom. The van der Waals surface area contributed by atoms with Gasteiger partial charge in [-0.1, -0.05) is 0 Å². The zero-order valence-electron chi connectivity index (χ0n) is 16.4. The van der Waals surface area contributed by atoms with Gasteiger partial charge in [0.2, 0.25) is 0 Å². The number of aromatic nitrogens is 3. The van der Waals surface area contributed by atoms with Crippen molar-refractivity contribution in [2.24, 2.45) is 4.99 Å². The molecule has 0 bridgehead atoms. The molecule has 8 heteroatoms. The molecule has 0 unspecified atom stereocenters. The Kier molecular flexibility index (Phi) is 8.06. The lowest BCUT2D eigenvalue weighted by molar-refractivity contribution is 0.182. The maximum absolute atomic E-state index is 5.15. The van der Waals surface area contributed by atoms with Crippen LogP contribution >= 0.6 is 11.3 Å². The molecule has 0 aliphatic heterocycles. The smallest absolute Gasteiger partial charge is 0.191 e. The third-order valence-corrected chi connectivity index (χ3v) is 5.05. The molecule has 2 aromatic heterocycles. The van der Waals surface area contributed by atoms with Crippen LogP contribution in [0.2, 0.25) is 0 Å². The molecule has 0 aromatic carbocycles. The molecule has 26 heavy (non-hydrogen) atoms. The topological polar surface area (TPSA) is 76.4 Å². The van der Waals surface area contributed by atoms with Crippen molar-refractivity contribution in [3.8, 4) is 0 Å². The minimum atomic E-state index is 0.607. The van der Waals surface area contributed by atoms with Crippen LogP contribution in [0.5, 0.6) is 0 Å². The monoisotopic (exact) mass is 378 g/mol. The average molecular weight is 379 g/mol.